The number of nitrogens with zero attached hydrogens (tertiary/aromatic N) is 8. The first-order valence-electron chi connectivity index (χ1n) is 52.5. The molecule has 0 unspecified atom stereocenters. The summed E-state index contributed by atoms with van der Waals surface area (Å²) in [5.41, 5.74) is 46.5. The lowest BCUT2D eigenvalue weighted by atomic mass is 9.63. The third-order valence-corrected chi connectivity index (χ3v) is 32.7. The fraction of sp³-hybridized carbons (Fsp3) is 0.333. The molecule has 0 bridgehead atoms. The highest BCUT2D eigenvalue weighted by Gasteiger charge is 2.53. The zero-order valence-corrected chi connectivity index (χ0v) is 89.3. The topological polar surface area (TPSA) is 120 Å². The molecule has 8 aromatic carbocycles. The largest absolute Gasteiger partial charge is 0.437 e. The van der Waals surface area contributed by atoms with E-state index in [4.69, 9.17) is 37.6 Å². The minimum Gasteiger partial charge on any atom is -0.437 e. The van der Waals surface area contributed by atoms with Gasteiger partial charge in [-0.15, -0.1) is 0 Å². The Morgan fingerprint density at radius 1 is 0.292 bits per heavy atom. The fourth-order valence-electron chi connectivity index (χ4n) is 27.1. The van der Waals surface area contributed by atoms with Gasteiger partial charge in [0.25, 0.3) is 0 Å². The Labute approximate surface area is 848 Å². The monoisotopic (exact) mass is 1900 g/mol. The van der Waals surface area contributed by atoms with E-state index in [1.54, 1.807) is 0 Å². The van der Waals surface area contributed by atoms with Crippen LogP contribution < -0.4 is 18.3 Å². The van der Waals surface area contributed by atoms with Gasteiger partial charge in [0.05, 0.1) is 45.0 Å². The van der Waals surface area contributed by atoms with Crippen LogP contribution in [0.15, 0.2) is 261 Å². The SMILES string of the molecule is Cc1cc[n+](C)c(-c2c(C)ccc3c2oc2nc4c(cc23)-c2ccccc2C4(C(C)C)C(C)C)c1.Cc1cc[n+](C)c(-c2c(C)ccc3c2oc2nc4c(cc23)-c2ccccc2C4(CC(C)(C)C)CC(C)(C)C)c1.Cc1cc[n+](C)c(-c2c(C)ccc3c2oc2nc4c(cc23)-c2ccccc2C4(CC(C)C)CC(C)C)c1.Cc1cc[n+](C)c(-c2c(C)ccc3c2oc2nc4c(cc23)-c2ccccc2C42CCCC2)c1. The van der Waals surface area contributed by atoms with Crippen molar-refractivity contribution in [3.05, 3.63) is 333 Å². The molecule has 0 amide bonds. The number of hydrogen-bond donors (Lipinski definition) is 0. The minimum atomic E-state index is -0.169. The van der Waals surface area contributed by atoms with Gasteiger partial charge in [-0.3, -0.25) is 0 Å². The molecule has 0 atom stereocenters. The van der Waals surface area contributed by atoms with Crippen LogP contribution in [0.1, 0.15) is 238 Å². The fourth-order valence-corrected chi connectivity index (χ4v) is 27.1. The lowest BCUT2D eigenvalue weighted by Gasteiger charge is -2.41. The third-order valence-electron chi connectivity index (χ3n) is 32.7. The van der Waals surface area contributed by atoms with Gasteiger partial charge in [-0.1, -0.05) is 255 Å². The van der Waals surface area contributed by atoms with E-state index >= 15 is 0 Å². The van der Waals surface area contributed by atoms with E-state index in [2.05, 4.69) is 442 Å². The van der Waals surface area contributed by atoms with E-state index < -0.39 is 0 Å². The molecule has 726 valence electrons. The molecule has 5 aliphatic rings. The summed E-state index contributed by atoms with van der Waals surface area (Å²) in [4.78, 5) is 21.5. The number of furan rings is 4. The van der Waals surface area contributed by atoms with E-state index in [0.717, 1.165) is 159 Å². The maximum absolute atomic E-state index is 6.77. The average Bonchev–Trinajstić information content (AvgIpc) is 1.54. The second-order valence-corrected chi connectivity index (χ2v) is 47.2. The maximum Gasteiger partial charge on any atom is 0.227 e. The van der Waals surface area contributed by atoms with Crippen molar-refractivity contribution in [2.75, 3.05) is 0 Å². The standard InChI is InChI=1S/C36H41N2O.C34H37N2O.C32H33N2O.C30H27N2O/c1-22-16-17-38(9)29(18-22)30-23(2)14-15-25-27-19-26-24-12-10-11-13-28(24)36(20-34(3,4)5,21-35(6,7)8)32(26)37-33(27)39-31(25)30;1-20(2)18-34(19-21(3)4)28-11-9-8-10-24(28)26-17-27-25-13-12-23(6)30(29-16-22(5)14-15-36(29)7)31(25)37-33(27)35-32(26)34;1-18(2)32(19(3)4)26-11-9-8-10-22(26)24-17-25-23-13-12-21(6)28(27-16-20(5)14-15-34(27)7)29(23)35-31(25)33-30(24)32;1-18-12-15-32(3)25(16-18)26-19(2)10-11-21-23-17-22-20-8-4-5-9-24(20)30(13-6-7-14-30)28(22)31-29(23)33-27(21)26/h10-19H,20-21H2,1-9H3;8-17,20-21H,18-19H2,1-7H3;8-19H,1-7H3;4-5,8-12,15-17H,6-7,13-14H2,1-3H3/q4*+1. The molecule has 0 aliphatic heterocycles. The van der Waals surface area contributed by atoms with Crippen molar-refractivity contribution in [2.45, 2.75) is 225 Å². The number of fused-ring (bicyclic) bond motifs is 26. The summed E-state index contributed by atoms with van der Waals surface area (Å²) >= 11 is 0. The van der Waals surface area contributed by atoms with Gasteiger partial charge < -0.3 is 17.7 Å². The Morgan fingerprint density at radius 3 is 0.889 bits per heavy atom. The van der Waals surface area contributed by atoms with Crippen molar-refractivity contribution in [3.63, 3.8) is 0 Å². The Kier molecular flexibility index (Phi) is 23.1. The van der Waals surface area contributed by atoms with E-state index in [1.165, 1.54) is 160 Å². The van der Waals surface area contributed by atoms with Crippen LogP contribution in [0.5, 0.6) is 0 Å². The zero-order chi connectivity index (χ0) is 101. The predicted octanol–water partition coefficient (Wildman–Crippen LogP) is 32.3. The minimum absolute atomic E-state index is 0.0564. The Bertz CT molecular complexity index is 8640. The zero-order valence-electron chi connectivity index (χ0n) is 89.3. The van der Waals surface area contributed by atoms with Crippen LogP contribution in [-0.2, 0) is 49.9 Å². The Hall–Kier alpha value is -13.8. The Morgan fingerprint density at radius 2 is 0.562 bits per heavy atom. The summed E-state index contributed by atoms with van der Waals surface area (Å²) in [5.74, 6) is 1.93. The summed E-state index contributed by atoms with van der Waals surface area (Å²) in [6.45, 7) is 50.0. The van der Waals surface area contributed by atoms with Crippen LogP contribution in [0.25, 0.3) is 178 Å². The summed E-state index contributed by atoms with van der Waals surface area (Å²) in [6, 6.07) is 80.4. The van der Waals surface area contributed by atoms with E-state index in [0.29, 0.717) is 23.7 Å². The molecule has 5 aliphatic carbocycles. The summed E-state index contributed by atoms with van der Waals surface area (Å²) < 4.78 is 35.5. The molecule has 1 spiro atoms. The van der Waals surface area contributed by atoms with Crippen LogP contribution >= 0.6 is 0 Å². The summed E-state index contributed by atoms with van der Waals surface area (Å²) in [6.07, 6.45) is 17.6. The van der Waals surface area contributed by atoms with E-state index in [9.17, 15) is 0 Å². The molecular weight excluding hydrogens is 1760 g/mol. The number of aromatic nitrogens is 8. The molecule has 0 N–H and O–H groups in total. The lowest BCUT2D eigenvalue weighted by Crippen LogP contribution is -2.38. The summed E-state index contributed by atoms with van der Waals surface area (Å²) in [5, 5.41) is 8.94. The van der Waals surface area contributed by atoms with Crippen molar-refractivity contribution in [1.82, 2.24) is 19.9 Å². The molecule has 0 radical (unpaired) electrons. The molecule has 144 heavy (non-hydrogen) atoms. The second-order valence-electron chi connectivity index (χ2n) is 47.2. The smallest absolute Gasteiger partial charge is 0.227 e. The molecule has 12 heterocycles. The maximum atomic E-state index is 6.77. The van der Waals surface area contributed by atoms with Crippen molar-refractivity contribution in [1.29, 1.82) is 0 Å². The predicted molar refractivity (Wildman–Crippen MR) is 590 cm³/mol. The van der Waals surface area contributed by atoms with Crippen molar-refractivity contribution in [3.8, 4) is 89.5 Å². The van der Waals surface area contributed by atoms with Crippen molar-refractivity contribution < 1.29 is 35.9 Å². The van der Waals surface area contributed by atoms with Gasteiger partial charge in [-0.05, 0) is 242 Å². The van der Waals surface area contributed by atoms with Gasteiger partial charge in [-0.25, -0.2) is 38.2 Å². The van der Waals surface area contributed by atoms with E-state index in [1.807, 2.05) is 0 Å². The molecule has 20 aromatic rings. The van der Waals surface area contributed by atoms with E-state index in [-0.39, 0.29) is 32.5 Å². The number of rotatable bonds is 12. The molecule has 1 fully saturated rings. The third kappa shape index (κ3) is 15.2. The molecule has 25 rings (SSSR count). The van der Waals surface area contributed by atoms with Gasteiger partial charge >= 0.3 is 0 Å². The van der Waals surface area contributed by atoms with Crippen molar-refractivity contribution >= 4 is 88.3 Å². The van der Waals surface area contributed by atoms with Crippen LogP contribution in [0.2, 0.25) is 0 Å². The first-order chi connectivity index (χ1) is 68.8. The van der Waals surface area contributed by atoms with Crippen LogP contribution in [0, 0.1) is 89.9 Å². The molecule has 12 heteroatoms. The van der Waals surface area contributed by atoms with Crippen LogP contribution in [0.4, 0.5) is 0 Å². The normalized spacial score (nSPS) is 14.8. The van der Waals surface area contributed by atoms with Gasteiger partial charge in [-0.2, -0.15) is 0 Å². The number of hydrogen-bond acceptors (Lipinski definition) is 8. The van der Waals surface area contributed by atoms with Crippen LogP contribution in [-0.4, -0.2) is 19.9 Å². The van der Waals surface area contributed by atoms with Gasteiger partial charge in [0.15, 0.2) is 47.1 Å². The molecule has 1 saturated carbocycles. The average molecular weight is 1900 g/mol. The quantitative estimate of drug-likeness (QED) is 0.111. The molecule has 12 nitrogen and oxygen atoms in total. The molecular formula is C132H138N8O4+4. The van der Waals surface area contributed by atoms with Gasteiger partial charge in [0.2, 0.25) is 45.6 Å². The number of benzene rings is 8. The molecule has 12 aromatic heterocycles. The number of aryl methyl sites for hydroxylation is 12. The van der Waals surface area contributed by atoms with Gasteiger partial charge in [0.1, 0.15) is 28.2 Å². The van der Waals surface area contributed by atoms with Gasteiger partial charge in [0, 0.05) is 136 Å². The highest BCUT2D eigenvalue weighted by molar-refractivity contribution is 6.15. The van der Waals surface area contributed by atoms with Crippen LogP contribution in [0.3, 0.4) is 0 Å². The van der Waals surface area contributed by atoms with Crippen molar-refractivity contribution in [2.24, 2.45) is 62.7 Å². The first-order valence-corrected chi connectivity index (χ1v) is 52.5. The molecule has 0 saturated heterocycles. The highest BCUT2D eigenvalue weighted by atomic mass is 16.4. The first kappa shape index (κ1) is 95.0. The summed E-state index contributed by atoms with van der Waals surface area (Å²) in [7, 11) is 8.40. The number of pyridine rings is 8. The Balaban J connectivity index is 0.000000110. The lowest BCUT2D eigenvalue weighted by molar-refractivity contribution is -0.660. The second kappa shape index (κ2) is 35.0. The highest BCUT2D eigenvalue weighted by Crippen LogP contribution is 2.63.